The SMILES string of the molecule is Cc1cccc(C(=O)Nc2ccc(NC(=O)CNc3cccc(C(=O)N4CCOCC4)c3)cc2)c1. The minimum Gasteiger partial charge on any atom is -0.378 e. The number of ether oxygens (including phenoxy) is 1. The molecule has 0 bridgehead atoms. The standard InChI is InChI=1S/C27H28N4O4/c1-19-4-2-5-20(16-19)26(33)30-23-10-8-22(9-11-23)29-25(32)18-28-24-7-3-6-21(17-24)27(34)31-12-14-35-15-13-31/h2-11,16-17,28H,12-15,18H2,1H3,(H,29,32)(H,30,33). The summed E-state index contributed by atoms with van der Waals surface area (Å²) in [6.07, 6.45) is 0. The third-order valence-corrected chi connectivity index (χ3v) is 5.57. The van der Waals surface area contributed by atoms with Crippen LogP contribution in [0.2, 0.25) is 0 Å². The number of amides is 3. The minimum absolute atomic E-state index is 0.0427. The van der Waals surface area contributed by atoms with Gasteiger partial charge in [-0.2, -0.15) is 0 Å². The molecule has 8 nitrogen and oxygen atoms in total. The largest absolute Gasteiger partial charge is 0.378 e. The molecule has 3 aromatic rings. The second-order valence-electron chi connectivity index (χ2n) is 8.29. The first-order valence-corrected chi connectivity index (χ1v) is 11.5. The predicted octanol–water partition coefficient (Wildman–Crippen LogP) is 3.77. The van der Waals surface area contributed by atoms with Crippen molar-refractivity contribution >= 4 is 34.8 Å². The smallest absolute Gasteiger partial charge is 0.255 e. The molecule has 0 aromatic heterocycles. The zero-order valence-corrected chi connectivity index (χ0v) is 19.5. The highest BCUT2D eigenvalue weighted by Crippen LogP contribution is 2.16. The Morgan fingerprint density at radius 2 is 1.46 bits per heavy atom. The van der Waals surface area contributed by atoms with E-state index in [0.717, 1.165) is 5.56 Å². The molecule has 0 spiro atoms. The molecular weight excluding hydrogens is 444 g/mol. The van der Waals surface area contributed by atoms with Gasteiger partial charge in [-0.3, -0.25) is 14.4 Å². The van der Waals surface area contributed by atoms with E-state index < -0.39 is 0 Å². The number of rotatable bonds is 7. The van der Waals surface area contributed by atoms with Crippen molar-refractivity contribution < 1.29 is 19.1 Å². The van der Waals surface area contributed by atoms with E-state index in [1.165, 1.54) is 0 Å². The van der Waals surface area contributed by atoms with E-state index in [9.17, 15) is 14.4 Å². The molecule has 3 aromatic carbocycles. The first kappa shape index (κ1) is 24.0. The second kappa shape index (κ2) is 11.3. The van der Waals surface area contributed by atoms with Gasteiger partial charge in [0.1, 0.15) is 0 Å². The Morgan fingerprint density at radius 3 is 2.17 bits per heavy atom. The van der Waals surface area contributed by atoms with Gasteiger partial charge in [0.25, 0.3) is 11.8 Å². The molecule has 4 rings (SSSR count). The van der Waals surface area contributed by atoms with Gasteiger partial charge in [-0.05, 0) is 61.5 Å². The molecular formula is C27H28N4O4. The summed E-state index contributed by atoms with van der Waals surface area (Å²) in [6.45, 7) is 4.22. The van der Waals surface area contributed by atoms with E-state index in [1.807, 2.05) is 31.2 Å². The highest BCUT2D eigenvalue weighted by molar-refractivity contribution is 6.04. The number of hydrogen-bond donors (Lipinski definition) is 3. The first-order valence-electron chi connectivity index (χ1n) is 11.5. The Labute approximate surface area is 204 Å². The maximum absolute atomic E-state index is 12.7. The van der Waals surface area contributed by atoms with Crippen molar-refractivity contribution in [2.24, 2.45) is 0 Å². The van der Waals surface area contributed by atoms with E-state index in [1.54, 1.807) is 53.4 Å². The molecule has 1 heterocycles. The van der Waals surface area contributed by atoms with Gasteiger partial charge < -0.3 is 25.6 Å². The lowest BCUT2D eigenvalue weighted by Crippen LogP contribution is -2.40. The summed E-state index contributed by atoms with van der Waals surface area (Å²) in [7, 11) is 0. The monoisotopic (exact) mass is 472 g/mol. The normalized spacial score (nSPS) is 13.1. The van der Waals surface area contributed by atoms with Crippen LogP contribution in [0.5, 0.6) is 0 Å². The quantitative estimate of drug-likeness (QED) is 0.486. The molecule has 0 aliphatic carbocycles. The minimum atomic E-state index is -0.230. The zero-order valence-electron chi connectivity index (χ0n) is 19.5. The van der Waals surface area contributed by atoms with Crippen LogP contribution in [-0.2, 0) is 9.53 Å². The Hall–Kier alpha value is -4.17. The van der Waals surface area contributed by atoms with Gasteiger partial charge >= 0.3 is 0 Å². The van der Waals surface area contributed by atoms with Crippen molar-refractivity contribution in [3.05, 3.63) is 89.5 Å². The van der Waals surface area contributed by atoms with Crippen molar-refractivity contribution in [1.29, 1.82) is 0 Å². The van der Waals surface area contributed by atoms with Crippen LogP contribution < -0.4 is 16.0 Å². The number of carbonyl (C=O) groups excluding carboxylic acids is 3. The maximum atomic E-state index is 12.7. The van der Waals surface area contributed by atoms with Crippen LogP contribution in [0, 0.1) is 6.92 Å². The highest BCUT2D eigenvalue weighted by atomic mass is 16.5. The van der Waals surface area contributed by atoms with Gasteiger partial charge in [0.05, 0.1) is 19.8 Å². The lowest BCUT2D eigenvalue weighted by molar-refractivity contribution is -0.114. The van der Waals surface area contributed by atoms with Crippen molar-refractivity contribution in [1.82, 2.24) is 4.90 Å². The van der Waals surface area contributed by atoms with Crippen LogP contribution >= 0.6 is 0 Å². The van der Waals surface area contributed by atoms with Gasteiger partial charge in [0.15, 0.2) is 0 Å². The molecule has 35 heavy (non-hydrogen) atoms. The van der Waals surface area contributed by atoms with Gasteiger partial charge in [-0.15, -0.1) is 0 Å². The summed E-state index contributed by atoms with van der Waals surface area (Å²) >= 11 is 0. The average molecular weight is 473 g/mol. The van der Waals surface area contributed by atoms with Crippen LogP contribution in [0.25, 0.3) is 0 Å². The number of nitrogens with zero attached hydrogens (tertiary/aromatic N) is 1. The fraction of sp³-hybridized carbons (Fsp3) is 0.222. The van der Waals surface area contributed by atoms with E-state index in [2.05, 4.69) is 16.0 Å². The Kier molecular flexibility index (Phi) is 7.74. The summed E-state index contributed by atoms with van der Waals surface area (Å²) in [6, 6.07) is 21.4. The van der Waals surface area contributed by atoms with E-state index in [-0.39, 0.29) is 24.3 Å². The van der Waals surface area contributed by atoms with Crippen molar-refractivity contribution in [3.8, 4) is 0 Å². The number of hydrogen-bond acceptors (Lipinski definition) is 5. The molecule has 8 heteroatoms. The summed E-state index contributed by atoms with van der Waals surface area (Å²) in [5.74, 6) is -0.466. The molecule has 0 saturated carbocycles. The molecule has 180 valence electrons. The number of morpholine rings is 1. The molecule has 0 radical (unpaired) electrons. The fourth-order valence-electron chi connectivity index (χ4n) is 3.73. The number of benzene rings is 3. The average Bonchev–Trinajstić information content (AvgIpc) is 2.89. The number of nitrogens with one attached hydrogen (secondary N) is 3. The van der Waals surface area contributed by atoms with E-state index in [4.69, 9.17) is 4.74 Å². The molecule has 0 atom stereocenters. The van der Waals surface area contributed by atoms with Crippen LogP contribution in [0.3, 0.4) is 0 Å². The van der Waals surface area contributed by atoms with Crippen molar-refractivity contribution in [2.75, 3.05) is 48.8 Å². The zero-order chi connectivity index (χ0) is 24.6. The lowest BCUT2D eigenvalue weighted by Gasteiger charge is -2.27. The van der Waals surface area contributed by atoms with Crippen LogP contribution in [0.15, 0.2) is 72.8 Å². The molecule has 3 N–H and O–H groups in total. The molecule has 1 fully saturated rings. The highest BCUT2D eigenvalue weighted by Gasteiger charge is 2.18. The van der Waals surface area contributed by atoms with E-state index >= 15 is 0 Å². The van der Waals surface area contributed by atoms with Gasteiger partial charge in [0.2, 0.25) is 5.91 Å². The fourth-order valence-corrected chi connectivity index (χ4v) is 3.73. The first-order chi connectivity index (χ1) is 17.0. The maximum Gasteiger partial charge on any atom is 0.255 e. The third-order valence-electron chi connectivity index (χ3n) is 5.57. The number of carbonyl (C=O) groups is 3. The second-order valence-corrected chi connectivity index (χ2v) is 8.29. The third kappa shape index (κ3) is 6.68. The summed E-state index contributed by atoms with van der Waals surface area (Å²) in [5.41, 5.74) is 4.11. The summed E-state index contributed by atoms with van der Waals surface area (Å²) < 4.78 is 5.30. The molecule has 1 aliphatic rings. The van der Waals surface area contributed by atoms with Crippen molar-refractivity contribution in [3.63, 3.8) is 0 Å². The van der Waals surface area contributed by atoms with Gasteiger partial charge in [-0.1, -0.05) is 23.8 Å². The summed E-state index contributed by atoms with van der Waals surface area (Å²) in [4.78, 5) is 39.2. The van der Waals surface area contributed by atoms with Crippen LogP contribution in [-0.4, -0.2) is 55.5 Å². The van der Waals surface area contributed by atoms with Gasteiger partial charge in [0, 0.05) is 41.3 Å². The number of anilines is 3. The molecule has 1 saturated heterocycles. The Balaban J connectivity index is 1.27. The van der Waals surface area contributed by atoms with Crippen molar-refractivity contribution in [2.45, 2.75) is 6.92 Å². The molecule has 1 aliphatic heterocycles. The lowest BCUT2D eigenvalue weighted by atomic mass is 10.1. The Morgan fingerprint density at radius 1 is 0.800 bits per heavy atom. The van der Waals surface area contributed by atoms with Crippen LogP contribution in [0.1, 0.15) is 26.3 Å². The molecule has 0 unspecified atom stereocenters. The predicted molar refractivity (Wildman–Crippen MR) is 136 cm³/mol. The topological polar surface area (TPSA) is 99.8 Å². The van der Waals surface area contributed by atoms with Gasteiger partial charge in [-0.25, -0.2) is 0 Å². The Bertz CT molecular complexity index is 1200. The molecule has 3 amide bonds. The number of aryl methyl sites for hydroxylation is 1. The summed E-state index contributed by atoms with van der Waals surface area (Å²) in [5, 5.41) is 8.73. The van der Waals surface area contributed by atoms with Crippen LogP contribution in [0.4, 0.5) is 17.1 Å². The van der Waals surface area contributed by atoms with E-state index in [0.29, 0.717) is 54.5 Å².